The van der Waals surface area contributed by atoms with Crippen molar-refractivity contribution in [3.8, 4) is 28.0 Å². The van der Waals surface area contributed by atoms with E-state index in [2.05, 4.69) is 57.3 Å². The normalized spacial score (nSPS) is 11.6. The minimum absolute atomic E-state index is 0.217. The first-order chi connectivity index (χ1) is 16.8. The number of anilines is 1. The van der Waals surface area contributed by atoms with Crippen LogP contribution in [-0.2, 0) is 22.5 Å². The van der Waals surface area contributed by atoms with E-state index in [0.29, 0.717) is 6.54 Å². The number of aryl methyl sites for hydroxylation is 1. The number of unbranched alkanes of at least 4 members (excludes halogenated alkanes) is 1. The molecular formula is C29H36INO4. The Morgan fingerprint density at radius 2 is 1.77 bits per heavy atom. The van der Waals surface area contributed by atoms with Crippen LogP contribution in [0.4, 0.5) is 5.69 Å². The maximum Gasteiger partial charge on any atom is 0.310 e. The molecule has 6 heteroatoms. The van der Waals surface area contributed by atoms with E-state index in [9.17, 15) is 9.90 Å². The fourth-order valence-corrected chi connectivity index (χ4v) is 5.71. The molecule has 4 rings (SSSR count). The monoisotopic (exact) mass is 589 g/mol. The maximum absolute atomic E-state index is 12.2. The van der Waals surface area contributed by atoms with Gasteiger partial charge >= 0.3 is 55.2 Å². The van der Waals surface area contributed by atoms with Crippen LogP contribution >= 0.6 is 21.6 Å². The summed E-state index contributed by atoms with van der Waals surface area (Å²) in [6, 6.07) is 13.9. The Morgan fingerprint density at radius 3 is 2.37 bits per heavy atom. The number of carbonyl (C=O) groups is 1. The van der Waals surface area contributed by atoms with E-state index in [1.807, 2.05) is 12.1 Å². The number of alkyl halides is 1. The minimum atomic E-state index is -0.536. The standard InChI is InChI=1S/C25H25NO3.C4H11IO/c1-14-5-7-17(8-6-14)23-16(3)24-21-11-19(27)10-9-18(21)13-26-25(24)15(2)20(23)12-22(28)29-4;1-2-3-4-5-6/h5-11,26-27H,12-13H2,1-4H3;5-6H,2-4H2,1H3. The van der Waals surface area contributed by atoms with Gasteiger partial charge in [0.15, 0.2) is 0 Å². The number of phenolic OH excluding ortho intramolecular Hbond substituents is 1. The number of hydrogen-bond acceptors (Lipinski definition) is 5. The van der Waals surface area contributed by atoms with E-state index in [-0.39, 0.29) is 18.1 Å². The zero-order valence-corrected chi connectivity index (χ0v) is 23.5. The Hall–Kier alpha value is -2.58. The molecule has 0 atom stereocenters. The van der Waals surface area contributed by atoms with Crippen LogP contribution in [0.3, 0.4) is 0 Å². The van der Waals surface area contributed by atoms with Gasteiger partial charge in [-0.25, -0.2) is 0 Å². The van der Waals surface area contributed by atoms with Crippen LogP contribution in [-0.4, -0.2) is 26.0 Å². The molecule has 0 saturated heterocycles. The van der Waals surface area contributed by atoms with Gasteiger partial charge in [-0.15, -0.1) is 0 Å². The average molecular weight is 590 g/mol. The Kier molecular flexibility index (Phi) is 9.57. The Morgan fingerprint density at radius 1 is 1.06 bits per heavy atom. The average Bonchev–Trinajstić information content (AvgIpc) is 2.86. The van der Waals surface area contributed by atoms with E-state index in [4.69, 9.17) is 8.17 Å². The van der Waals surface area contributed by atoms with Crippen molar-refractivity contribution in [3.05, 3.63) is 70.3 Å². The molecule has 0 fully saturated rings. The fraction of sp³-hybridized carbons (Fsp3) is 0.345. The van der Waals surface area contributed by atoms with Crippen molar-refractivity contribution in [1.29, 1.82) is 0 Å². The number of phenols is 1. The van der Waals surface area contributed by atoms with Gasteiger partial charge in [0.1, 0.15) is 5.75 Å². The van der Waals surface area contributed by atoms with Crippen molar-refractivity contribution in [2.24, 2.45) is 0 Å². The first kappa shape index (κ1) is 27.0. The molecule has 1 heterocycles. The van der Waals surface area contributed by atoms with Gasteiger partial charge in [-0.2, -0.15) is 0 Å². The number of hydrogen-bond donors (Lipinski definition) is 3. The Labute approximate surface area is 219 Å². The molecule has 0 radical (unpaired) electrons. The van der Waals surface area contributed by atoms with Crippen LogP contribution < -0.4 is 5.32 Å². The summed E-state index contributed by atoms with van der Waals surface area (Å²) in [5, 5.41) is 13.6. The predicted molar refractivity (Wildman–Crippen MR) is 154 cm³/mol. The summed E-state index contributed by atoms with van der Waals surface area (Å²) >= 11 is -0.536. The SMILES string of the molecule is CCCC[IH]O.COC(=O)Cc1c(C)c2c(c(C)c1-c1ccc(C)cc1)-c1cc(O)ccc1CN2. The summed E-state index contributed by atoms with van der Waals surface area (Å²) in [6.45, 7) is 9.03. The van der Waals surface area contributed by atoms with Crippen LogP contribution in [0.25, 0.3) is 22.3 Å². The van der Waals surface area contributed by atoms with Gasteiger partial charge in [-0.05, 0) is 71.8 Å². The summed E-state index contributed by atoms with van der Waals surface area (Å²) in [5.41, 5.74) is 10.7. The molecule has 1 aliphatic rings. The number of esters is 1. The molecule has 5 nitrogen and oxygen atoms in total. The molecule has 0 saturated carbocycles. The van der Waals surface area contributed by atoms with E-state index in [1.54, 1.807) is 6.07 Å². The Balaban J connectivity index is 0.000000509. The number of aromatic hydroxyl groups is 1. The molecule has 0 spiro atoms. The number of fused-ring (bicyclic) bond motifs is 3. The number of methoxy groups -OCH3 is 1. The van der Waals surface area contributed by atoms with Crippen molar-refractivity contribution < 1.29 is 18.1 Å². The largest absolute Gasteiger partial charge is 0.508 e. The zero-order valence-electron chi connectivity index (χ0n) is 21.2. The van der Waals surface area contributed by atoms with Crippen molar-refractivity contribution in [2.45, 2.75) is 53.5 Å². The third-order valence-electron chi connectivity index (χ3n) is 6.43. The van der Waals surface area contributed by atoms with E-state index in [1.165, 1.54) is 25.5 Å². The van der Waals surface area contributed by atoms with E-state index in [0.717, 1.165) is 54.6 Å². The number of ether oxygens (including phenoxy) is 1. The number of rotatable bonds is 6. The molecule has 0 aliphatic carbocycles. The summed E-state index contributed by atoms with van der Waals surface area (Å²) in [4.78, 5) is 12.2. The summed E-state index contributed by atoms with van der Waals surface area (Å²) in [5.74, 6) is -0.00107. The molecule has 1 aliphatic heterocycles. The van der Waals surface area contributed by atoms with Crippen LogP contribution in [0.2, 0.25) is 0 Å². The number of carbonyl (C=O) groups excluding carboxylic acids is 1. The van der Waals surface area contributed by atoms with Gasteiger partial charge in [0.25, 0.3) is 0 Å². The van der Waals surface area contributed by atoms with Crippen LogP contribution in [0, 0.1) is 20.8 Å². The predicted octanol–water partition coefficient (Wildman–Crippen LogP) is 6.69. The first-order valence-electron chi connectivity index (χ1n) is 11.9. The third-order valence-corrected chi connectivity index (χ3v) is 7.77. The van der Waals surface area contributed by atoms with Gasteiger partial charge in [-0.1, -0.05) is 35.9 Å². The molecule has 188 valence electrons. The molecule has 3 aromatic rings. The van der Waals surface area contributed by atoms with Crippen LogP contribution in [0.5, 0.6) is 5.75 Å². The molecule has 35 heavy (non-hydrogen) atoms. The van der Waals surface area contributed by atoms with Gasteiger partial charge in [0, 0.05) is 17.8 Å². The molecule has 0 unspecified atom stereocenters. The molecule has 3 N–H and O–H groups in total. The van der Waals surface area contributed by atoms with Gasteiger partial charge in [0.2, 0.25) is 0 Å². The van der Waals surface area contributed by atoms with Crippen molar-refractivity contribution in [1.82, 2.24) is 0 Å². The van der Waals surface area contributed by atoms with Crippen molar-refractivity contribution in [3.63, 3.8) is 0 Å². The van der Waals surface area contributed by atoms with Crippen molar-refractivity contribution in [2.75, 3.05) is 16.9 Å². The second kappa shape index (κ2) is 12.4. The molecule has 0 aromatic heterocycles. The quantitative estimate of drug-likeness (QED) is 0.129. The topological polar surface area (TPSA) is 78.8 Å². The van der Waals surface area contributed by atoms with E-state index < -0.39 is 21.6 Å². The zero-order chi connectivity index (χ0) is 25.5. The van der Waals surface area contributed by atoms with Crippen LogP contribution in [0.1, 0.15) is 47.6 Å². The minimum Gasteiger partial charge on any atom is -0.508 e. The Bertz CT molecular complexity index is 1180. The smallest absolute Gasteiger partial charge is 0.310 e. The second-order valence-corrected chi connectivity index (χ2v) is 10.8. The fourth-order valence-electron chi connectivity index (χ4n) is 4.51. The number of benzene rings is 3. The second-order valence-electron chi connectivity index (χ2n) is 8.85. The van der Waals surface area contributed by atoms with Gasteiger partial charge in [-0.3, -0.25) is 4.79 Å². The first-order valence-corrected chi connectivity index (χ1v) is 14.6. The summed E-state index contributed by atoms with van der Waals surface area (Å²) in [6.07, 6.45) is 2.66. The maximum atomic E-state index is 12.2. The molecule has 0 bridgehead atoms. The van der Waals surface area contributed by atoms with E-state index >= 15 is 0 Å². The molecule has 0 amide bonds. The summed E-state index contributed by atoms with van der Waals surface area (Å²) in [7, 11) is 1.42. The van der Waals surface area contributed by atoms with Gasteiger partial charge in [0.05, 0.1) is 13.5 Å². The summed E-state index contributed by atoms with van der Waals surface area (Å²) < 4.78 is 14.4. The van der Waals surface area contributed by atoms with Crippen molar-refractivity contribution >= 4 is 33.3 Å². The van der Waals surface area contributed by atoms with Crippen LogP contribution in [0.15, 0.2) is 42.5 Å². The third kappa shape index (κ3) is 6.16. The number of halogens is 1. The molecular weight excluding hydrogens is 553 g/mol. The van der Waals surface area contributed by atoms with Gasteiger partial charge < -0.3 is 15.2 Å². The molecule has 3 aromatic carbocycles. The number of nitrogens with one attached hydrogen (secondary N) is 1.